The van der Waals surface area contributed by atoms with Crippen LogP contribution in [-0.4, -0.2) is 24.1 Å². The van der Waals surface area contributed by atoms with Gasteiger partial charge >= 0.3 is 0 Å². The van der Waals surface area contributed by atoms with Gasteiger partial charge in [-0.05, 0) is 48.6 Å². The Morgan fingerprint density at radius 2 is 1.79 bits per heavy atom. The zero-order chi connectivity index (χ0) is 19.6. The molecule has 3 aromatic rings. The summed E-state index contributed by atoms with van der Waals surface area (Å²) < 4.78 is 16.8. The van der Waals surface area contributed by atoms with E-state index in [-0.39, 0.29) is 12.7 Å². The zero-order valence-electron chi connectivity index (χ0n) is 16.4. The van der Waals surface area contributed by atoms with E-state index < -0.39 is 0 Å². The van der Waals surface area contributed by atoms with Gasteiger partial charge in [0.1, 0.15) is 5.58 Å². The molecule has 5 heteroatoms. The highest BCUT2D eigenvalue weighted by atomic mass is 16.7. The molecule has 0 unspecified atom stereocenters. The van der Waals surface area contributed by atoms with E-state index >= 15 is 0 Å². The third-order valence-electron chi connectivity index (χ3n) is 5.94. The number of ether oxygens (including phenoxy) is 2. The summed E-state index contributed by atoms with van der Waals surface area (Å²) in [5.41, 5.74) is 1.78. The quantitative estimate of drug-likeness (QED) is 0.586. The van der Waals surface area contributed by atoms with E-state index in [1.165, 1.54) is 32.1 Å². The van der Waals surface area contributed by atoms with Crippen LogP contribution in [0.15, 0.2) is 52.9 Å². The van der Waals surface area contributed by atoms with Crippen molar-refractivity contribution in [3.05, 3.63) is 59.9 Å². The highest BCUT2D eigenvalue weighted by Gasteiger charge is 2.25. The van der Waals surface area contributed by atoms with E-state index in [2.05, 4.69) is 0 Å². The van der Waals surface area contributed by atoms with E-state index in [1.54, 1.807) is 0 Å². The topological polar surface area (TPSA) is 51.9 Å². The minimum atomic E-state index is -0.0514. The molecular weight excluding hydrogens is 366 g/mol. The molecule has 1 aliphatic heterocycles. The van der Waals surface area contributed by atoms with Gasteiger partial charge in [-0.15, -0.1) is 0 Å². The number of amides is 1. The van der Waals surface area contributed by atoms with Crippen LogP contribution < -0.4 is 9.47 Å². The van der Waals surface area contributed by atoms with Gasteiger partial charge in [-0.3, -0.25) is 4.79 Å². The van der Waals surface area contributed by atoms with Crippen LogP contribution in [0.5, 0.6) is 11.5 Å². The summed E-state index contributed by atoms with van der Waals surface area (Å²) in [4.78, 5) is 15.3. The maximum atomic E-state index is 13.4. The monoisotopic (exact) mass is 391 g/mol. The van der Waals surface area contributed by atoms with Crippen LogP contribution in [0.3, 0.4) is 0 Å². The third-order valence-corrected chi connectivity index (χ3v) is 5.94. The average Bonchev–Trinajstić information content (AvgIpc) is 3.40. The predicted molar refractivity (Wildman–Crippen MR) is 110 cm³/mol. The van der Waals surface area contributed by atoms with Crippen molar-refractivity contribution in [3.8, 4) is 11.5 Å². The number of rotatable bonds is 5. The Morgan fingerprint density at radius 3 is 2.66 bits per heavy atom. The van der Waals surface area contributed by atoms with Crippen molar-refractivity contribution in [2.24, 2.45) is 5.92 Å². The number of benzene rings is 2. The molecule has 1 aromatic heterocycles. The molecule has 0 N–H and O–H groups in total. The maximum Gasteiger partial charge on any atom is 0.289 e. The van der Waals surface area contributed by atoms with Crippen molar-refractivity contribution in [3.63, 3.8) is 0 Å². The van der Waals surface area contributed by atoms with Crippen LogP contribution >= 0.6 is 0 Å². The van der Waals surface area contributed by atoms with Crippen LogP contribution in [-0.2, 0) is 6.54 Å². The summed E-state index contributed by atoms with van der Waals surface area (Å²) in [5.74, 6) is 2.41. The van der Waals surface area contributed by atoms with Gasteiger partial charge < -0.3 is 18.8 Å². The van der Waals surface area contributed by atoms with Gasteiger partial charge in [-0.25, -0.2) is 0 Å². The van der Waals surface area contributed by atoms with Crippen LogP contribution in [0.1, 0.15) is 48.2 Å². The molecule has 1 saturated carbocycles. The first-order valence-electron chi connectivity index (χ1n) is 10.4. The fourth-order valence-electron chi connectivity index (χ4n) is 4.40. The SMILES string of the molecule is O=C(c1cc2ccccc2o1)N(Cc1ccc2c(c1)OCO2)CC1CCCCC1. The number of fused-ring (bicyclic) bond motifs is 2. The first-order chi connectivity index (χ1) is 14.3. The molecule has 2 aromatic carbocycles. The smallest absolute Gasteiger partial charge is 0.289 e. The lowest BCUT2D eigenvalue weighted by molar-refractivity contribution is 0.0669. The molecule has 1 amide bonds. The lowest BCUT2D eigenvalue weighted by Gasteiger charge is -2.29. The van der Waals surface area contributed by atoms with Crippen molar-refractivity contribution in [1.82, 2.24) is 4.90 Å². The van der Waals surface area contributed by atoms with Crippen LogP contribution in [0.25, 0.3) is 11.0 Å². The molecule has 29 heavy (non-hydrogen) atoms. The largest absolute Gasteiger partial charge is 0.454 e. The number of hydrogen-bond donors (Lipinski definition) is 0. The number of nitrogens with zero attached hydrogens (tertiary/aromatic N) is 1. The molecule has 2 aliphatic rings. The van der Waals surface area contributed by atoms with E-state index in [9.17, 15) is 4.79 Å². The molecule has 1 fully saturated rings. The molecule has 0 spiro atoms. The van der Waals surface area contributed by atoms with Crippen LogP contribution in [0, 0.1) is 5.92 Å². The Kier molecular flexibility index (Phi) is 4.88. The predicted octanol–water partition coefficient (Wildman–Crippen LogP) is 5.38. The Balaban J connectivity index is 1.41. The van der Waals surface area contributed by atoms with Gasteiger partial charge in [0, 0.05) is 18.5 Å². The lowest BCUT2D eigenvalue weighted by atomic mass is 9.89. The Bertz CT molecular complexity index is 986. The summed E-state index contributed by atoms with van der Waals surface area (Å²) >= 11 is 0. The second kappa shape index (κ2) is 7.82. The van der Waals surface area contributed by atoms with Gasteiger partial charge in [0.15, 0.2) is 17.3 Å². The maximum absolute atomic E-state index is 13.4. The summed E-state index contributed by atoms with van der Waals surface area (Å²) in [6, 6.07) is 15.5. The summed E-state index contributed by atoms with van der Waals surface area (Å²) in [6.07, 6.45) is 6.18. The van der Waals surface area contributed by atoms with E-state index in [0.29, 0.717) is 18.2 Å². The average molecular weight is 391 g/mol. The minimum absolute atomic E-state index is 0.0514. The fourth-order valence-corrected chi connectivity index (χ4v) is 4.40. The Hall–Kier alpha value is -2.95. The van der Waals surface area contributed by atoms with Crippen LogP contribution in [0.2, 0.25) is 0 Å². The van der Waals surface area contributed by atoms with Crippen molar-refractivity contribution in [2.45, 2.75) is 38.6 Å². The standard InChI is InChI=1S/C24H25NO4/c26-24(23-13-19-8-4-5-9-20(19)29-23)25(14-17-6-2-1-3-7-17)15-18-10-11-21-22(12-18)28-16-27-21/h4-5,8-13,17H,1-3,6-7,14-16H2. The molecule has 5 nitrogen and oxygen atoms in total. The molecule has 150 valence electrons. The van der Waals surface area contributed by atoms with Gasteiger partial charge in [0.25, 0.3) is 5.91 Å². The third kappa shape index (κ3) is 3.82. The van der Waals surface area contributed by atoms with E-state index in [4.69, 9.17) is 13.9 Å². The number of furan rings is 1. The fraction of sp³-hybridized carbons (Fsp3) is 0.375. The van der Waals surface area contributed by atoms with Gasteiger partial charge in [0.05, 0.1) is 0 Å². The van der Waals surface area contributed by atoms with E-state index in [1.807, 2.05) is 53.4 Å². The minimum Gasteiger partial charge on any atom is -0.454 e. The van der Waals surface area contributed by atoms with Gasteiger partial charge in [0.2, 0.25) is 6.79 Å². The molecular formula is C24H25NO4. The lowest BCUT2D eigenvalue weighted by Crippen LogP contribution is -2.35. The normalized spacial score (nSPS) is 16.3. The number of hydrogen-bond acceptors (Lipinski definition) is 4. The molecule has 5 rings (SSSR count). The Morgan fingerprint density at radius 1 is 0.966 bits per heavy atom. The Labute approximate surface area is 170 Å². The molecule has 0 saturated heterocycles. The summed E-state index contributed by atoms with van der Waals surface area (Å²) in [5, 5.41) is 0.955. The molecule has 1 aliphatic carbocycles. The molecule has 0 radical (unpaired) electrons. The van der Waals surface area contributed by atoms with Gasteiger partial charge in [-0.1, -0.05) is 43.5 Å². The van der Waals surface area contributed by atoms with Gasteiger partial charge in [-0.2, -0.15) is 0 Å². The first kappa shape index (κ1) is 18.1. The number of carbonyl (C=O) groups is 1. The highest BCUT2D eigenvalue weighted by Crippen LogP contribution is 2.33. The summed E-state index contributed by atoms with van der Waals surface area (Å²) in [6.45, 7) is 1.54. The van der Waals surface area contributed by atoms with Crippen molar-refractivity contribution >= 4 is 16.9 Å². The van der Waals surface area contributed by atoms with Crippen molar-refractivity contribution in [1.29, 1.82) is 0 Å². The van der Waals surface area contributed by atoms with E-state index in [0.717, 1.165) is 34.6 Å². The molecule has 2 heterocycles. The highest BCUT2D eigenvalue weighted by molar-refractivity contribution is 5.96. The second-order valence-electron chi connectivity index (χ2n) is 8.03. The number of carbonyl (C=O) groups excluding carboxylic acids is 1. The first-order valence-corrected chi connectivity index (χ1v) is 10.4. The van der Waals surface area contributed by atoms with Crippen molar-refractivity contribution < 1.29 is 18.7 Å². The van der Waals surface area contributed by atoms with Crippen LogP contribution in [0.4, 0.5) is 0 Å². The molecule has 0 bridgehead atoms. The summed E-state index contributed by atoms with van der Waals surface area (Å²) in [7, 11) is 0. The molecule has 0 atom stereocenters. The van der Waals surface area contributed by atoms with Crippen molar-refractivity contribution in [2.75, 3.05) is 13.3 Å². The zero-order valence-corrected chi connectivity index (χ0v) is 16.4. The number of para-hydroxylation sites is 1. The second-order valence-corrected chi connectivity index (χ2v) is 8.03.